The van der Waals surface area contributed by atoms with Crippen LogP contribution in [0, 0.1) is 6.92 Å². The van der Waals surface area contributed by atoms with Crippen molar-refractivity contribution in [2.24, 2.45) is 0 Å². The average Bonchev–Trinajstić information content (AvgIpc) is 3.17. The quantitative estimate of drug-likeness (QED) is 0.530. The zero-order valence-corrected chi connectivity index (χ0v) is 18.8. The van der Waals surface area contributed by atoms with Crippen LogP contribution in [0.1, 0.15) is 23.6 Å². The Hall–Kier alpha value is -2.76. The van der Waals surface area contributed by atoms with Crippen LogP contribution in [0.15, 0.2) is 72.8 Å². The fourth-order valence-electron chi connectivity index (χ4n) is 4.36. The average molecular weight is 449 g/mol. The summed E-state index contributed by atoms with van der Waals surface area (Å²) in [5.74, 6) is -0.141. The number of rotatable bonds is 3. The summed E-state index contributed by atoms with van der Waals surface area (Å²) in [5.41, 5.74) is 4.52. The van der Waals surface area contributed by atoms with Crippen molar-refractivity contribution in [1.82, 2.24) is 0 Å². The van der Waals surface area contributed by atoms with E-state index in [1.807, 2.05) is 86.6 Å². The Labute approximate surface area is 190 Å². The lowest BCUT2D eigenvalue weighted by Crippen LogP contribution is -2.49. The van der Waals surface area contributed by atoms with Crippen molar-refractivity contribution in [1.29, 1.82) is 0 Å². The second-order valence-corrected chi connectivity index (χ2v) is 9.92. The molecule has 0 saturated carbocycles. The van der Waals surface area contributed by atoms with E-state index >= 15 is 0 Å². The minimum absolute atomic E-state index is 0.0506. The number of hydrogen-bond acceptors (Lipinski definition) is 3. The van der Waals surface area contributed by atoms with Crippen LogP contribution in [0.2, 0.25) is 5.02 Å². The Balaban J connectivity index is 1.65. The number of hydrogen-bond donors (Lipinski definition) is 0. The molecule has 31 heavy (non-hydrogen) atoms. The Morgan fingerprint density at radius 2 is 1.65 bits per heavy atom. The highest BCUT2D eigenvalue weighted by molar-refractivity contribution is 8.03. The van der Waals surface area contributed by atoms with E-state index in [2.05, 4.69) is 0 Å². The van der Waals surface area contributed by atoms with Crippen LogP contribution >= 0.6 is 23.4 Å². The number of fused-ring (bicyclic) bond motifs is 2. The van der Waals surface area contributed by atoms with Crippen molar-refractivity contribution in [3.05, 3.63) is 94.5 Å². The van der Waals surface area contributed by atoms with E-state index in [-0.39, 0.29) is 17.1 Å². The molecule has 0 bridgehead atoms. The van der Waals surface area contributed by atoms with Gasteiger partial charge in [0.05, 0.1) is 17.5 Å². The summed E-state index contributed by atoms with van der Waals surface area (Å²) in [6.45, 7) is 4.30. The van der Waals surface area contributed by atoms with Crippen molar-refractivity contribution in [2.45, 2.75) is 30.5 Å². The van der Waals surface area contributed by atoms with Crippen molar-refractivity contribution in [2.75, 3.05) is 9.80 Å². The molecule has 6 heteroatoms. The Bertz CT molecular complexity index is 1180. The fraction of sp³-hybridized carbons (Fsp3) is 0.200. The van der Waals surface area contributed by atoms with Gasteiger partial charge in [-0.25, -0.2) is 0 Å². The monoisotopic (exact) mass is 448 g/mol. The summed E-state index contributed by atoms with van der Waals surface area (Å²) in [7, 11) is 0. The summed E-state index contributed by atoms with van der Waals surface area (Å²) in [5, 5.41) is 0.332. The van der Waals surface area contributed by atoms with Gasteiger partial charge in [-0.2, -0.15) is 0 Å². The van der Waals surface area contributed by atoms with Crippen LogP contribution in [0.5, 0.6) is 0 Å². The van der Waals surface area contributed by atoms with Gasteiger partial charge in [0.25, 0.3) is 5.91 Å². The lowest BCUT2D eigenvalue weighted by Gasteiger charge is -2.33. The van der Waals surface area contributed by atoms with E-state index < -0.39 is 4.87 Å². The standard InChI is InChI=1S/C25H21ClN2O2S/c1-16-7-13-20(14-8-16)28-23(29)17(2)31-25(28)21-5-3-4-6-22(21)27(24(25)30)15-18-9-11-19(26)12-10-18/h3-14,17H,15H2,1-2H3/t17-,25-/m0/s1. The van der Waals surface area contributed by atoms with Crippen LogP contribution in [-0.4, -0.2) is 17.1 Å². The maximum Gasteiger partial charge on any atom is 0.269 e. The smallest absolute Gasteiger partial charge is 0.269 e. The molecule has 2 aliphatic heterocycles. The predicted molar refractivity (Wildman–Crippen MR) is 126 cm³/mol. The molecule has 0 N–H and O–H groups in total. The van der Waals surface area contributed by atoms with E-state index in [1.54, 1.807) is 9.80 Å². The molecule has 1 saturated heterocycles. The summed E-state index contributed by atoms with van der Waals surface area (Å²) in [6.07, 6.45) is 0. The number of halogens is 1. The molecule has 0 aromatic heterocycles. The molecule has 5 rings (SSSR count). The third kappa shape index (κ3) is 3.07. The summed E-state index contributed by atoms with van der Waals surface area (Å²) in [4.78, 5) is 29.8. The molecule has 0 radical (unpaired) electrons. The first-order chi connectivity index (χ1) is 14.9. The van der Waals surface area contributed by atoms with Crippen LogP contribution in [0.4, 0.5) is 11.4 Å². The molecule has 2 heterocycles. The number of amides is 2. The molecule has 156 valence electrons. The molecule has 2 atom stereocenters. The van der Waals surface area contributed by atoms with Crippen LogP contribution in [-0.2, 0) is 21.0 Å². The number of para-hydroxylation sites is 1. The van der Waals surface area contributed by atoms with Crippen LogP contribution < -0.4 is 9.80 Å². The number of anilines is 2. The van der Waals surface area contributed by atoms with Gasteiger partial charge in [-0.15, -0.1) is 11.8 Å². The highest BCUT2D eigenvalue weighted by atomic mass is 35.5. The van der Waals surface area contributed by atoms with Crippen molar-refractivity contribution >= 4 is 46.6 Å². The van der Waals surface area contributed by atoms with Gasteiger partial charge in [0.15, 0.2) is 0 Å². The molecule has 4 nitrogen and oxygen atoms in total. The molecular weight excluding hydrogens is 428 g/mol. The Morgan fingerprint density at radius 3 is 2.35 bits per heavy atom. The topological polar surface area (TPSA) is 40.6 Å². The number of carbonyl (C=O) groups excluding carboxylic acids is 2. The van der Waals surface area contributed by atoms with E-state index in [9.17, 15) is 9.59 Å². The highest BCUT2D eigenvalue weighted by Crippen LogP contribution is 2.58. The third-order valence-corrected chi connectivity index (χ3v) is 7.60. The van der Waals surface area contributed by atoms with Gasteiger partial charge < -0.3 is 4.90 Å². The van der Waals surface area contributed by atoms with Gasteiger partial charge in [-0.05, 0) is 49.7 Å². The second kappa shape index (κ2) is 7.43. The van der Waals surface area contributed by atoms with Crippen molar-refractivity contribution in [3.63, 3.8) is 0 Å². The number of nitrogens with zero attached hydrogens (tertiary/aromatic N) is 2. The second-order valence-electron chi connectivity index (χ2n) is 7.95. The zero-order chi connectivity index (χ0) is 21.8. The maximum atomic E-state index is 14.1. The molecule has 1 fully saturated rings. The molecule has 0 unspecified atom stereocenters. The molecular formula is C25H21ClN2O2S. The van der Waals surface area contributed by atoms with Crippen molar-refractivity contribution < 1.29 is 9.59 Å². The van der Waals surface area contributed by atoms with E-state index in [4.69, 9.17) is 11.6 Å². The molecule has 2 aliphatic rings. The number of thioether (sulfide) groups is 1. The number of carbonyl (C=O) groups is 2. The van der Waals surface area contributed by atoms with Crippen LogP contribution in [0.3, 0.4) is 0 Å². The first-order valence-electron chi connectivity index (χ1n) is 10.2. The van der Waals surface area contributed by atoms with E-state index in [0.29, 0.717) is 11.6 Å². The van der Waals surface area contributed by atoms with Crippen LogP contribution in [0.25, 0.3) is 0 Å². The van der Waals surface area contributed by atoms with Gasteiger partial charge in [0.2, 0.25) is 10.8 Å². The lowest BCUT2D eigenvalue weighted by atomic mass is 10.0. The maximum absolute atomic E-state index is 14.1. The van der Waals surface area contributed by atoms with Gasteiger partial charge in [0.1, 0.15) is 0 Å². The van der Waals surface area contributed by atoms with Gasteiger partial charge in [-0.1, -0.05) is 59.6 Å². The first kappa shape index (κ1) is 20.2. The minimum atomic E-state index is -1.10. The molecule has 3 aromatic rings. The Morgan fingerprint density at radius 1 is 0.968 bits per heavy atom. The minimum Gasteiger partial charge on any atom is -0.304 e. The SMILES string of the molecule is Cc1ccc(N2C(=O)[C@H](C)S[C@@]23C(=O)N(Cc2ccc(Cl)cc2)c2ccccc23)cc1. The molecule has 1 spiro atoms. The predicted octanol–water partition coefficient (Wildman–Crippen LogP) is 5.52. The number of benzene rings is 3. The molecule has 2 amide bonds. The lowest BCUT2D eigenvalue weighted by molar-refractivity contribution is -0.124. The number of aryl methyl sites for hydroxylation is 1. The van der Waals surface area contributed by atoms with Crippen molar-refractivity contribution in [3.8, 4) is 0 Å². The zero-order valence-electron chi connectivity index (χ0n) is 17.2. The molecule has 0 aliphatic carbocycles. The van der Waals surface area contributed by atoms with Gasteiger partial charge in [0, 0.05) is 16.3 Å². The van der Waals surface area contributed by atoms with E-state index in [0.717, 1.165) is 28.1 Å². The summed E-state index contributed by atoms with van der Waals surface area (Å²) in [6, 6.07) is 23.1. The fourth-order valence-corrected chi connectivity index (χ4v) is 6.02. The normalized spacial score (nSPS) is 22.5. The Kier molecular flexibility index (Phi) is 4.83. The first-order valence-corrected chi connectivity index (χ1v) is 11.4. The van der Waals surface area contributed by atoms with Gasteiger partial charge in [-0.3, -0.25) is 14.5 Å². The third-order valence-electron chi connectivity index (χ3n) is 5.87. The largest absolute Gasteiger partial charge is 0.304 e. The van der Waals surface area contributed by atoms with E-state index in [1.165, 1.54) is 11.8 Å². The highest BCUT2D eigenvalue weighted by Gasteiger charge is 2.63. The summed E-state index contributed by atoms with van der Waals surface area (Å²) >= 11 is 7.46. The van der Waals surface area contributed by atoms with Gasteiger partial charge >= 0.3 is 0 Å². The summed E-state index contributed by atoms with van der Waals surface area (Å²) < 4.78 is 0. The molecule has 3 aromatic carbocycles.